The van der Waals surface area contributed by atoms with Crippen molar-refractivity contribution in [1.82, 2.24) is 14.9 Å². The minimum absolute atomic E-state index is 0.0330. The van der Waals surface area contributed by atoms with Gasteiger partial charge in [0, 0.05) is 42.9 Å². The van der Waals surface area contributed by atoms with Crippen LogP contribution in [0, 0.1) is 0 Å². The van der Waals surface area contributed by atoms with E-state index in [1.54, 1.807) is 17.7 Å². The molecule has 1 amide bonds. The number of thiophene rings is 1. The molecule has 1 fully saturated rings. The van der Waals surface area contributed by atoms with E-state index in [2.05, 4.69) is 14.9 Å². The molecule has 0 radical (unpaired) electrons. The van der Waals surface area contributed by atoms with Gasteiger partial charge in [-0.3, -0.25) is 4.79 Å². The number of rotatable bonds is 4. The van der Waals surface area contributed by atoms with Gasteiger partial charge in [0.25, 0.3) is 0 Å². The molecule has 134 valence electrons. The molecule has 1 aliphatic heterocycles. The van der Waals surface area contributed by atoms with Gasteiger partial charge in [-0.15, -0.1) is 11.3 Å². The van der Waals surface area contributed by atoms with E-state index in [1.165, 1.54) is 0 Å². The average molecular weight is 367 g/mol. The van der Waals surface area contributed by atoms with Crippen LogP contribution in [0.5, 0.6) is 0 Å². The van der Waals surface area contributed by atoms with E-state index in [4.69, 9.17) is 5.73 Å². The summed E-state index contributed by atoms with van der Waals surface area (Å²) in [5.41, 5.74) is 7.08. The number of carbonyl (C=O) groups is 1. The molecule has 1 aromatic carbocycles. The second kappa shape index (κ2) is 7.39. The van der Waals surface area contributed by atoms with Gasteiger partial charge in [-0.05, 0) is 23.6 Å². The topological polar surface area (TPSA) is 75.4 Å². The van der Waals surface area contributed by atoms with E-state index >= 15 is 0 Å². The number of anilines is 1. The van der Waals surface area contributed by atoms with E-state index in [0.717, 1.165) is 34.7 Å². The third-order valence-electron chi connectivity index (χ3n) is 4.73. The molecule has 3 aromatic rings. The fraction of sp³-hybridized carbons (Fsp3) is 0.316. The van der Waals surface area contributed by atoms with Crippen LogP contribution in [0.3, 0.4) is 0 Å². The number of fused-ring (bicyclic) bond motifs is 1. The summed E-state index contributed by atoms with van der Waals surface area (Å²) in [7, 11) is 0. The molecular weight excluding hydrogens is 346 g/mol. The zero-order valence-corrected chi connectivity index (χ0v) is 15.2. The molecule has 0 unspecified atom stereocenters. The predicted octanol–water partition coefficient (Wildman–Crippen LogP) is 1.91. The molecule has 1 saturated heterocycles. The maximum absolute atomic E-state index is 12.6. The lowest BCUT2D eigenvalue weighted by Gasteiger charge is -2.36. The number of carbonyl (C=O) groups excluding carboxylic acids is 1. The van der Waals surface area contributed by atoms with Crippen molar-refractivity contribution in [2.45, 2.75) is 12.5 Å². The molecule has 3 heterocycles. The molecule has 26 heavy (non-hydrogen) atoms. The highest BCUT2D eigenvalue weighted by atomic mass is 32.1. The first-order valence-electron chi connectivity index (χ1n) is 8.74. The Morgan fingerprint density at radius 3 is 2.69 bits per heavy atom. The summed E-state index contributed by atoms with van der Waals surface area (Å²) in [5.74, 6) is 0.969. The number of nitrogens with zero attached hydrogens (tertiary/aromatic N) is 4. The summed E-state index contributed by atoms with van der Waals surface area (Å²) in [6.45, 7) is 2.82. The van der Waals surface area contributed by atoms with Crippen LogP contribution in [-0.2, 0) is 11.2 Å². The third kappa shape index (κ3) is 3.40. The largest absolute Gasteiger partial charge is 0.352 e. The second-order valence-electron chi connectivity index (χ2n) is 6.42. The summed E-state index contributed by atoms with van der Waals surface area (Å²) < 4.78 is 0. The first-order valence-corrected chi connectivity index (χ1v) is 9.62. The van der Waals surface area contributed by atoms with Gasteiger partial charge < -0.3 is 15.5 Å². The first kappa shape index (κ1) is 16.9. The highest BCUT2D eigenvalue weighted by molar-refractivity contribution is 7.09. The van der Waals surface area contributed by atoms with Crippen LogP contribution in [0.15, 0.2) is 48.1 Å². The van der Waals surface area contributed by atoms with Gasteiger partial charge in [-0.25, -0.2) is 9.97 Å². The van der Waals surface area contributed by atoms with Crippen LogP contribution in [0.4, 0.5) is 5.82 Å². The van der Waals surface area contributed by atoms with Gasteiger partial charge in [0.05, 0.1) is 11.6 Å². The number of piperazine rings is 1. The van der Waals surface area contributed by atoms with Crippen LogP contribution >= 0.6 is 11.3 Å². The maximum Gasteiger partial charge on any atom is 0.239 e. The number of amides is 1. The van der Waals surface area contributed by atoms with E-state index in [1.807, 2.05) is 46.7 Å². The third-order valence-corrected chi connectivity index (χ3v) is 5.63. The Labute approximate surface area is 156 Å². The first-order chi connectivity index (χ1) is 12.7. The van der Waals surface area contributed by atoms with Crippen molar-refractivity contribution in [1.29, 1.82) is 0 Å². The Morgan fingerprint density at radius 1 is 1.12 bits per heavy atom. The smallest absolute Gasteiger partial charge is 0.239 e. The van der Waals surface area contributed by atoms with Crippen molar-refractivity contribution >= 4 is 34.0 Å². The van der Waals surface area contributed by atoms with Crippen molar-refractivity contribution in [3.63, 3.8) is 0 Å². The Kier molecular flexibility index (Phi) is 4.81. The van der Waals surface area contributed by atoms with Crippen molar-refractivity contribution in [2.75, 3.05) is 31.1 Å². The van der Waals surface area contributed by atoms with E-state index < -0.39 is 6.04 Å². The van der Waals surface area contributed by atoms with Gasteiger partial charge >= 0.3 is 0 Å². The van der Waals surface area contributed by atoms with Gasteiger partial charge in [0.15, 0.2) is 0 Å². The van der Waals surface area contributed by atoms with Crippen LogP contribution in [0.1, 0.15) is 4.88 Å². The number of nitrogens with two attached hydrogens (primary N) is 1. The number of hydrogen-bond acceptors (Lipinski definition) is 6. The number of para-hydroxylation sites is 1. The van der Waals surface area contributed by atoms with Crippen LogP contribution in [0.2, 0.25) is 0 Å². The molecule has 0 saturated carbocycles. The predicted molar refractivity (Wildman–Crippen MR) is 104 cm³/mol. The van der Waals surface area contributed by atoms with Gasteiger partial charge in [0.2, 0.25) is 5.91 Å². The zero-order chi connectivity index (χ0) is 17.9. The van der Waals surface area contributed by atoms with Gasteiger partial charge in [-0.1, -0.05) is 18.2 Å². The molecule has 1 atom stereocenters. The molecule has 0 aliphatic carbocycles. The van der Waals surface area contributed by atoms with Crippen molar-refractivity contribution in [2.24, 2.45) is 5.73 Å². The Bertz CT molecular complexity index is 885. The minimum Gasteiger partial charge on any atom is -0.352 e. The molecular formula is C19H21N5OS. The molecule has 2 N–H and O–H groups in total. The monoisotopic (exact) mass is 367 g/mol. The Morgan fingerprint density at radius 2 is 1.92 bits per heavy atom. The molecule has 6 nitrogen and oxygen atoms in total. The summed E-state index contributed by atoms with van der Waals surface area (Å²) in [6, 6.07) is 11.5. The Balaban J connectivity index is 1.41. The molecule has 0 spiro atoms. The zero-order valence-electron chi connectivity index (χ0n) is 14.4. The summed E-state index contributed by atoms with van der Waals surface area (Å²) in [4.78, 5) is 26.7. The van der Waals surface area contributed by atoms with Crippen LogP contribution in [-0.4, -0.2) is 53.0 Å². The minimum atomic E-state index is -0.472. The number of hydrogen-bond donors (Lipinski definition) is 1. The van der Waals surface area contributed by atoms with Crippen molar-refractivity contribution in [3.8, 4) is 0 Å². The standard InChI is InChI=1S/C19H21N5OS/c20-16(12-14-4-3-11-26-14)19(25)24-9-7-23(8-10-24)18-15-5-1-2-6-17(15)21-13-22-18/h1-6,11,13,16H,7-10,12,20H2/t16-/m1/s1. The lowest BCUT2D eigenvalue weighted by molar-refractivity contribution is -0.132. The normalized spacial score (nSPS) is 16.0. The molecule has 2 aromatic heterocycles. The summed E-state index contributed by atoms with van der Waals surface area (Å²) in [6.07, 6.45) is 2.21. The number of aromatic nitrogens is 2. The molecule has 1 aliphatic rings. The van der Waals surface area contributed by atoms with E-state index in [0.29, 0.717) is 19.5 Å². The highest BCUT2D eigenvalue weighted by Crippen LogP contribution is 2.23. The highest BCUT2D eigenvalue weighted by Gasteiger charge is 2.26. The Hall–Kier alpha value is -2.51. The van der Waals surface area contributed by atoms with Crippen LogP contribution < -0.4 is 10.6 Å². The fourth-order valence-electron chi connectivity index (χ4n) is 3.35. The number of benzene rings is 1. The van der Waals surface area contributed by atoms with Crippen LogP contribution in [0.25, 0.3) is 10.9 Å². The van der Waals surface area contributed by atoms with Gasteiger partial charge in [0.1, 0.15) is 12.1 Å². The second-order valence-corrected chi connectivity index (χ2v) is 7.45. The average Bonchev–Trinajstić information content (AvgIpc) is 3.20. The van der Waals surface area contributed by atoms with E-state index in [9.17, 15) is 4.79 Å². The summed E-state index contributed by atoms with van der Waals surface area (Å²) in [5, 5.41) is 3.06. The SMILES string of the molecule is N[C@H](Cc1cccs1)C(=O)N1CCN(c2ncnc3ccccc23)CC1. The maximum atomic E-state index is 12.6. The van der Waals surface area contributed by atoms with Crippen molar-refractivity contribution < 1.29 is 4.79 Å². The molecule has 0 bridgehead atoms. The quantitative estimate of drug-likeness (QED) is 0.762. The summed E-state index contributed by atoms with van der Waals surface area (Å²) >= 11 is 1.64. The van der Waals surface area contributed by atoms with Crippen molar-refractivity contribution in [3.05, 3.63) is 53.0 Å². The van der Waals surface area contributed by atoms with Gasteiger partial charge in [-0.2, -0.15) is 0 Å². The fourth-order valence-corrected chi connectivity index (χ4v) is 4.11. The molecule has 4 rings (SSSR count). The lowest BCUT2D eigenvalue weighted by Crippen LogP contribution is -2.53. The molecule has 7 heteroatoms. The van der Waals surface area contributed by atoms with E-state index in [-0.39, 0.29) is 5.91 Å². The lowest BCUT2D eigenvalue weighted by atomic mass is 10.1.